The lowest BCUT2D eigenvalue weighted by molar-refractivity contribution is 0.372. The molecule has 0 bridgehead atoms. The molecule has 74 valence electrons. The number of nitrogens with two attached hydrogens (primary N) is 1. The number of thiazole rings is 1. The number of nitrogens with zero attached hydrogens (tertiary/aromatic N) is 1. The van der Waals surface area contributed by atoms with Crippen molar-refractivity contribution in [1.82, 2.24) is 10.4 Å². The highest BCUT2D eigenvalue weighted by molar-refractivity contribution is 7.09. The Kier molecular flexibility index (Phi) is 4.35. The second-order valence-electron chi connectivity index (χ2n) is 3.31. The van der Waals surface area contributed by atoms with Crippen LogP contribution in [-0.4, -0.2) is 4.98 Å². The molecule has 4 heteroatoms. The van der Waals surface area contributed by atoms with Gasteiger partial charge in [-0.25, -0.2) is 0 Å². The fourth-order valence-electron chi connectivity index (χ4n) is 1.53. The quantitative estimate of drug-likeness (QED) is 0.564. The van der Waals surface area contributed by atoms with Gasteiger partial charge in [0.2, 0.25) is 0 Å². The van der Waals surface area contributed by atoms with Gasteiger partial charge in [-0.3, -0.25) is 16.3 Å². The van der Waals surface area contributed by atoms with Gasteiger partial charge in [0.05, 0.1) is 11.6 Å². The predicted molar refractivity (Wildman–Crippen MR) is 56.3 cm³/mol. The lowest BCUT2D eigenvalue weighted by Crippen LogP contribution is -2.31. The molecule has 0 saturated heterocycles. The first-order chi connectivity index (χ1) is 6.29. The van der Waals surface area contributed by atoms with Crippen LogP contribution in [0.5, 0.6) is 0 Å². The zero-order valence-electron chi connectivity index (χ0n) is 8.16. The molecule has 0 fully saturated rings. The van der Waals surface area contributed by atoms with Crippen LogP contribution in [0.15, 0.2) is 11.7 Å². The van der Waals surface area contributed by atoms with Crippen LogP contribution < -0.4 is 11.3 Å². The maximum Gasteiger partial charge on any atom is 0.0794 e. The van der Waals surface area contributed by atoms with E-state index in [1.165, 1.54) is 17.7 Å². The normalized spacial score (nSPS) is 15.6. The largest absolute Gasteiger partial charge is 0.271 e. The molecular weight excluding hydrogens is 182 g/mol. The molecule has 0 aromatic carbocycles. The molecule has 3 nitrogen and oxygen atoms in total. The summed E-state index contributed by atoms with van der Waals surface area (Å²) in [6, 6.07) is 0.257. The average Bonchev–Trinajstić information content (AvgIpc) is 2.59. The topological polar surface area (TPSA) is 50.9 Å². The molecule has 2 unspecified atom stereocenters. The zero-order chi connectivity index (χ0) is 9.68. The fourth-order valence-corrected chi connectivity index (χ4v) is 2.34. The minimum Gasteiger partial charge on any atom is -0.271 e. The van der Waals surface area contributed by atoms with Crippen LogP contribution in [0.4, 0.5) is 0 Å². The molecule has 1 rings (SSSR count). The van der Waals surface area contributed by atoms with Gasteiger partial charge in [-0.1, -0.05) is 20.3 Å². The highest BCUT2D eigenvalue weighted by Gasteiger charge is 2.18. The monoisotopic (exact) mass is 199 g/mol. The van der Waals surface area contributed by atoms with Crippen molar-refractivity contribution in [3.8, 4) is 0 Å². The zero-order valence-corrected chi connectivity index (χ0v) is 8.97. The molecule has 1 aromatic rings. The van der Waals surface area contributed by atoms with Crippen LogP contribution in [0, 0.1) is 5.92 Å². The van der Waals surface area contributed by atoms with Gasteiger partial charge in [0.25, 0.3) is 0 Å². The first-order valence-corrected chi connectivity index (χ1v) is 5.52. The van der Waals surface area contributed by atoms with E-state index in [1.54, 1.807) is 11.3 Å². The van der Waals surface area contributed by atoms with Crippen molar-refractivity contribution in [3.05, 3.63) is 16.6 Å². The summed E-state index contributed by atoms with van der Waals surface area (Å²) in [4.78, 5) is 5.28. The number of hydrogen-bond acceptors (Lipinski definition) is 4. The van der Waals surface area contributed by atoms with Gasteiger partial charge >= 0.3 is 0 Å². The second-order valence-corrected chi connectivity index (χ2v) is 4.23. The van der Waals surface area contributed by atoms with E-state index in [-0.39, 0.29) is 6.04 Å². The molecule has 0 aliphatic carbocycles. The number of nitrogens with one attached hydrogen (secondary N) is 1. The van der Waals surface area contributed by atoms with Crippen molar-refractivity contribution < 1.29 is 0 Å². The van der Waals surface area contributed by atoms with Crippen molar-refractivity contribution in [3.63, 3.8) is 0 Å². The van der Waals surface area contributed by atoms with E-state index >= 15 is 0 Å². The van der Waals surface area contributed by atoms with Crippen molar-refractivity contribution in [2.75, 3.05) is 0 Å². The van der Waals surface area contributed by atoms with Gasteiger partial charge in [-0.15, -0.1) is 11.3 Å². The first-order valence-electron chi connectivity index (χ1n) is 4.64. The molecular formula is C9H17N3S. The van der Waals surface area contributed by atoms with Crippen molar-refractivity contribution >= 4 is 11.3 Å². The summed E-state index contributed by atoms with van der Waals surface area (Å²) >= 11 is 1.66. The molecule has 0 radical (unpaired) electrons. The Morgan fingerprint density at radius 3 is 2.92 bits per heavy atom. The summed E-state index contributed by atoms with van der Waals surface area (Å²) in [6.45, 7) is 4.41. The van der Waals surface area contributed by atoms with E-state index in [0.29, 0.717) is 5.92 Å². The summed E-state index contributed by atoms with van der Waals surface area (Å²) in [5, 5.41) is 0. The first kappa shape index (κ1) is 10.6. The maximum absolute atomic E-state index is 5.52. The molecule has 0 aliphatic rings. The Morgan fingerprint density at radius 1 is 1.69 bits per heavy atom. The molecule has 0 amide bonds. The molecule has 1 heterocycles. The number of aromatic nitrogens is 1. The predicted octanol–water partition coefficient (Wildman–Crippen LogP) is 2.08. The minimum absolute atomic E-state index is 0.257. The van der Waals surface area contributed by atoms with Crippen LogP contribution >= 0.6 is 11.3 Å². The Balaban J connectivity index is 2.62. The van der Waals surface area contributed by atoms with Gasteiger partial charge in [0.15, 0.2) is 0 Å². The summed E-state index contributed by atoms with van der Waals surface area (Å²) in [5.74, 6) is 6.09. The molecule has 0 aliphatic heterocycles. The summed E-state index contributed by atoms with van der Waals surface area (Å²) in [5.41, 5.74) is 4.71. The molecule has 3 N–H and O–H groups in total. The number of rotatable bonds is 5. The van der Waals surface area contributed by atoms with Crippen LogP contribution in [-0.2, 0) is 0 Å². The number of hydrazine groups is 1. The third-order valence-corrected chi connectivity index (χ3v) is 3.11. The molecule has 0 saturated carbocycles. The molecule has 0 spiro atoms. The van der Waals surface area contributed by atoms with E-state index in [4.69, 9.17) is 5.84 Å². The van der Waals surface area contributed by atoms with Crippen LogP contribution in [0.25, 0.3) is 0 Å². The van der Waals surface area contributed by atoms with Crippen molar-refractivity contribution in [2.45, 2.75) is 32.7 Å². The molecule has 2 atom stereocenters. The highest BCUT2D eigenvalue weighted by Crippen LogP contribution is 2.26. The Hall–Kier alpha value is -0.450. The Morgan fingerprint density at radius 2 is 2.46 bits per heavy atom. The number of hydrogen-bond donors (Lipinski definition) is 2. The van der Waals surface area contributed by atoms with Crippen LogP contribution in [0.1, 0.15) is 37.6 Å². The lowest BCUT2D eigenvalue weighted by Gasteiger charge is -2.20. The van der Waals surface area contributed by atoms with Gasteiger partial charge in [-0.2, -0.15) is 0 Å². The van der Waals surface area contributed by atoms with Gasteiger partial charge < -0.3 is 0 Å². The highest BCUT2D eigenvalue weighted by atomic mass is 32.1. The van der Waals surface area contributed by atoms with Crippen LogP contribution in [0.3, 0.4) is 0 Å². The molecule has 13 heavy (non-hydrogen) atoms. The van der Waals surface area contributed by atoms with Crippen molar-refractivity contribution in [1.29, 1.82) is 0 Å². The fraction of sp³-hybridized carbons (Fsp3) is 0.667. The summed E-state index contributed by atoms with van der Waals surface area (Å²) in [7, 11) is 0. The minimum atomic E-state index is 0.257. The molecule has 1 aromatic heterocycles. The SMILES string of the molecule is CCCC(C)C(NN)c1cncs1. The Labute approximate surface area is 83.3 Å². The smallest absolute Gasteiger partial charge is 0.0794 e. The Bertz CT molecular complexity index is 223. The lowest BCUT2D eigenvalue weighted by atomic mass is 9.97. The second kappa shape index (κ2) is 5.32. The van der Waals surface area contributed by atoms with Crippen LogP contribution in [0.2, 0.25) is 0 Å². The van der Waals surface area contributed by atoms with Gasteiger partial charge in [-0.05, 0) is 12.3 Å². The third-order valence-electron chi connectivity index (χ3n) is 2.25. The van der Waals surface area contributed by atoms with E-state index < -0.39 is 0 Å². The van der Waals surface area contributed by atoms with E-state index in [9.17, 15) is 0 Å². The van der Waals surface area contributed by atoms with E-state index in [0.717, 1.165) is 0 Å². The van der Waals surface area contributed by atoms with Gasteiger partial charge in [0, 0.05) is 11.1 Å². The van der Waals surface area contributed by atoms with Gasteiger partial charge in [0.1, 0.15) is 0 Å². The van der Waals surface area contributed by atoms with E-state index in [2.05, 4.69) is 24.3 Å². The average molecular weight is 199 g/mol. The standard InChI is InChI=1S/C9H17N3S/c1-3-4-7(2)9(12-10)8-5-11-6-13-8/h5-7,9,12H,3-4,10H2,1-2H3. The summed E-state index contributed by atoms with van der Waals surface area (Å²) in [6.07, 6.45) is 4.27. The maximum atomic E-state index is 5.52. The third kappa shape index (κ3) is 2.76. The van der Waals surface area contributed by atoms with E-state index in [1.807, 2.05) is 11.7 Å². The summed E-state index contributed by atoms with van der Waals surface area (Å²) < 4.78 is 0. The van der Waals surface area contributed by atoms with Crippen molar-refractivity contribution in [2.24, 2.45) is 11.8 Å².